The third-order valence-corrected chi connectivity index (χ3v) is 3.34. The second-order valence-corrected chi connectivity index (χ2v) is 4.81. The van der Waals surface area contributed by atoms with Gasteiger partial charge in [0.15, 0.2) is 0 Å². The van der Waals surface area contributed by atoms with E-state index >= 15 is 0 Å². The first-order chi connectivity index (χ1) is 8.08. The summed E-state index contributed by atoms with van der Waals surface area (Å²) in [6.45, 7) is 3.26. The minimum Gasteiger partial charge on any atom is -0.387 e. The number of hydrogen-bond donors (Lipinski definition) is 2. The van der Waals surface area contributed by atoms with Gasteiger partial charge in [-0.05, 0) is 43.0 Å². The molecule has 0 radical (unpaired) electrons. The molecule has 0 spiro atoms. The van der Waals surface area contributed by atoms with Crippen LogP contribution in [0.1, 0.15) is 25.0 Å². The quantitative estimate of drug-likeness (QED) is 0.828. The van der Waals surface area contributed by atoms with Crippen molar-refractivity contribution in [3.8, 4) is 0 Å². The van der Waals surface area contributed by atoms with Crippen molar-refractivity contribution in [2.24, 2.45) is 11.8 Å². The zero-order valence-electron chi connectivity index (χ0n) is 9.79. The van der Waals surface area contributed by atoms with Crippen molar-refractivity contribution in [1.29, 1.82) is 0 Å². The van der Waals surface area contributed by atoms with Gasteiger partial charge in [-0.15, -0.1) is 0 Å². The first-order valence-electron chi connectivity index (χ1n) is 5.91. The maximum Gasteiger partial charge on any atom is 0.129 e. The SMILES string of the molecule is CC1CC1CNCC(O)c1cc(F)ccc1F. The van der Waals surface area contributed by atoms with Crippen LogP contribution in [-0.4, -0.2) is 18.2 Å². The summed E-state index contributed by atoms with van der Waals surface area (Å²) in [5, 5.41) is 12.8. The van der Waals surface area contributed by atoms with Crippen LogP contribution in [0.3, 0.4) is 0 Å². The number of aliphatic hydroxyl groups excluding tert-OH is 1. The highest BCUT2D eigenvalue weighted by Gasteiger charge is 2.31. The molecule has 0 amide bonds. The van der Waals surface area contributed by atoms with Crippen LogP contribution in [0.25, 0.3) is 0 Å². The molecular weight excluding hydrogens is 224 g/mol. The van der Waals surface area contributed by atoms with E-state index in [-0.39, 0.29) is 12.1 Å². The maximum absolute atomic E-state index is 13.3. The van der Waals surface area contributed by atoms with Crippen molar-refractivity contribution in [1.82, 2.24) is 5.32 Å². The average molecular weight is 241 g/mol. The zero-order valence-corrected chi connectivity index (χ0v) is 9.79. The van der Waals surface area contributed by atoms with Gasteiger partial charge in [0.1, 0.15) is 11.6 Å². The van der Waals surface area contributed by atoms with Crippen molar-refractivity contribution in [3.05, 3.63) is 35.4 Å². The Labute approximate surface area is 99.7 Å². The summed E-state index contributed by atoms with van der Waals surface area (Å²) in [4.78, 5) is 0. The smallest absolute Gasteiger partial charge is 0.129 e. The normalized spacial score (nSPS) is 24.7. The van der Waals surface area contributed by atoms with Crippen molar-refractivity contribution >= 4 is 0 Å². The predicted molar refractivity (Wildman–Crippen MR) is 61.5 cm³/mol. The molecule has 0 heterocycles. The molecule has 94 valence electrons. The zero-order chi connectivity index (χ0) is 12.4. The number of nitrogens with one attached hydrogen (secondary N) is 1. The van der Waals surface area contributed by atoms with Gasteiger partial charge in [-0.25, -0.2) is 8.78 Å². The Balaban J connectivity index is 1.85. The first kappa shape index (κ1) is 12.5. The molecule has 1 aliphatic carbocycles. The highest BCUT2D eigenvalue weighted by Crippen LogP contribution is 2.36. The predicted octanol–water partition coefficient (Wildman–Crippen LogP) is 2.24. The molecule has 1 aromatic carbocycles. The molecule has 1 aliphatic rings. The molecule has 1 saturated carbocycles. The fraction of sp³-hybridized carbons (Fsp3) is 0.538. The van der Waals surface area contributed by atoms with Gasteiger partial charge in [0.2, 0.25) is 0 Å². The lowest BCUT2D eigenvalue weighted by molar-refractivity contribution is 0.169. The first-order valence-corrected chi connectivity index (χ1v) is 5.91. The Kier molecular flexibility index (Phi) is 3.74. The van der Waals surface area contributed by atoms with E-state index < -0.39 is 17.7 Å². The molecule has 2 N–H and O–H groups in total. The van der Waals surface area contributed by atoms with Gasteiger partial charge >= 0.3 is 0 Å². The monoisotopic (exact) mass is 241 g/mol. The topological polar surface area (TPSA) is 32.3 Å². The minimum atomic E-state index is -1.00. The van der Waals surface area contributed by atoms with Gasteiger partial charge in [0, 0.05) is 12.1 Å². The van der Waals surface area contributed by atoms with Crippen molar-refractivity contribution in [3.63, 3.8) is 0 Å². The molecule has 2 rings (SSSR count). The minimum absolute atomic E-state index is 0.0151. The van der Waals surface area contributed by atoms with Crippen LogP contribution < -0.4 is 5.32 Å². The highest BCUT2D eigenvalue weighted by atomic mass is 19.1. The van der Waals surface area contributed by atoms with Crippen LogP contribution in [0.5, 0.6) is 0 Å². The second-order valence-electron chi connectivity index (χ2n) is 4.81. The Morgan fingerprint density at radius 1 is 1.47 bits per heavy atom. The third kappa shape index (κ3) is 3.23. The fourth-order valence-electron chi connectivity index (χ4n) is 1.97. The fourth-order valence-corrected chi connectivity index (χ4v) is 1.97. The molecule has 1 fully saturated rings. The number of halogens is 2. The Morgan fingerprint density at radius 2 is 2.18 bits per heavy atom. The molecule has 4 heteroatoms. The van der Waals surface area contributed by atoms with E-state index in [4.69, 9.17) is 0 Å². The molecule has 1 aromatic rings. The third-order valence-electron chi connectivity index (χ3n) is 3.34. The van der Waals surface area contributed by atoms with Crippen LogP contribution in [0, 0.1) is 23.5 Å². The van der Waals surface area contributed by atoms with E-state index in [9.17, 15) is 13.9 Å². The molecule has 3 atom stereocenters. The summed E-state index contributed by atoms with van der Waals surface area (Å²) in [5.41, 5.74) is 0.0151. The number of rotatable bonds is 5. The molecule has 17 heavy (non-hydrogen) atoms. The van der Waals surface area contributed by atoms with Crippen molar-refractivity contribution < 1.29 is 13.9 Å². The molecule has 3 unspecified atom stereocenters. The summed E-state index contributed by atoms with van der Waals surface area (Å²) >= 11 is 0. The van der Waals surface area contributed by atoms with E-state index in [0.29, 0.717) is 5.92 Å². The standard InChI is InChI=1S/C13H17F2NO/c1-8-4-9(8)6-16-7-13(17)11-5-10(14)2-3-12(11)15/h2-3,5,8-9,13,16-17H,4,6-7H2,1H3. The summed E-state index contributed by atoms with van der Waals surface area (Å²) in [6.07, 6.45) is 0.206. The number of aliphatic hydroxyl groups is 1. The highest BCUT2D eigenvalue weighted by molar-refractivity contribution is 5.21. The van der Waals surface area contributed by atoms with E-state index in [0.717, 1.165) is 30.7 Å². The Hall–Kier alpha value is -1.00. The summed E-state index contributed by atoms with van der Waals surface area (Å²) < 4.78 is 26.2. The van der Waals surface area contributed by atoms with Crippen molar-refractivity contribution in [2.45, 2.75) is 19.4 Å². The molecule has 0 aromatic heterocycles. The van der Waals surface area contributed by atoms with Gasteiger partial charge in [0.25, 0.3) is 0 Å². The second kappa shape index (κ2) is 5.10. The molecule has 2 nitrogen and oxygen atoms in total. The molecule has 0 saturated heterocycles. The molecule has 0 bridgehead atoms. The van der Waals surface area contributed by atoms with E-state index in [1.54, 1.807) is 0 Å². The Bertz CT molecular complexity index is 397. The van der Waals surface area contributed by atoms with Gasteiger partial charge in [-0.2, -0.15) is 0 Å². The molecule has 0 aliphatic heterocycles. The lowest BCUT2D eigenvalue weighted by atomic mass is 10.1. The van der Waals surface area contributed by atoms with Crippen LogP contribution in [0.2, 0.25) is 0 Å². The van der Waals surface area contributed by atoms with Crippen LogP contribution in [0.4, 0.5) is 8.78 Å². The number of benzene rings is 1. The largest absolute Gasteiger partial charge is 0.387 e. The van der Waals surface area contributed by atoms with Crippen LogP contribution >= 0.6 is 0 Å². The van der Waals surface area contributed by atoms with Gasteiger partial charge in [0.05, 0.1) is 6.10 Å². The summed E-state index contributed by atoms with van der Waals surface area (Å²) in [6, 6.07) is 3.13. The van der Waals surface area contributed by atoms with E-state index in [1.807, 2.05) is 0 Å². The number of hydrogen-bond acceptors (Lipinski definition) is 2. The lowest BCUT2D eigenvalue weighted by Crippen LogP contribution is -2.24. The van der Waals surface area contributed by atoms with Gasteiger partial charge < -0.3 is 10.4 Å². The van der Waals surface area contributed by atoms with Crippen LogP contribution in [-0.2, 0) is 0 Å². The maximum atomic E-state index is 13.3. The average Bonchev–Trinajstić information content (AvgIpc) is 2.98. The molecular formula is C13H17F2NO. The van der Waals surface area contributed by atoms with Gasteiger partial charge in [-0.3, -0.25) is 0 Å². The lowest BCUT2D eigenvalue weighted by Gasteiger charge is -2.13. The van der Waals surface area contributed by atoms with Crippen molar-refractivity contribution in [2.75, 3.05) is 13.1 Å². The summed E-state index contributed by atoms with van der Waals surface area (Å²) in [7, 11) is 0. The van der Waals surface area contributed by atoms with Crippen LogP contribution in [0.15, 0.2) is 18.2 Å². The summed E-state index contributed by atoms with van der Waals surface area (Å²) in [5.74, 6) is 0.307. The van der Waals surface area contributed by atoms with E-state index in [2.05, 4.69) is 12.2 Å². The Morgan fingerprint density at radius 3 is 2.82 bits per heavy atom. The van der Waals surface area contributed by atoms with E-state index in [1.165, 1.54) is 6.42 Å². The van der Waals surface area contributed by atoms with Gasteiger partial charge in [-0.1, -0.05) is 6.92 Å².